The van der Waals surface area contributed by atoms with Gasteiger partial charge in [0.2, 0.25) is 0 Å². The van der Waals surface area contributed by atoms with Crippen molar-refractivity contribution in [2.45, 2.75) is 51.6 Å². The van der Waals surface area contributed by atoms with E-state index in [9.17, 15) is 9.90 Å². The van der Waals surface area contributed by atoms with E-state index in [0.29, 0.717) is 19.5 Å². The molecule has 2 atom stereocenters. The predicted molar refractivity (Wildman–Crippen MR) is 89.5 cm³/mol. The number of likely N-dealkylation sites (tertiary alicyclic amines) is 1. The highest BCUT2D eigenvalue weighted by Gasteiger charge is 2.43. The molecule has 1 heterocycles. The Hall–Kier alpha value is -1.55. The summed E-state index contributed by atoms with van der Waals surface area (Å²) >= 11 is 0. The number of aryl methyl sites for hydroxylation is 1. The van der Waals surface area contributed by atoms with Gasteiger partial charge in [0.05, 0.1) is 5.60 Å². The molecule has 1 aromatic carbocycles. The topological polar surface area (TPSA) is 49.8 Å². The maximum atomic E-state index is 12.5. The maximum absolute atomic E-state index is 12.5. The summed E-state index contributed by atoms with van der Waals surface area (Å²) in [6.45, 7) is 5.44. The SMILES string of the molecule is Cc1cccc(OCC(=O)N2CC[C@@]3(O)CCCC[C@H]3C2)c1C. The molecule has 4 nitrogen and oxygen atoms in total. The number of carbonyl (C=O) groups excluding carboxylic acids is 1. The monoisotopic (exact) mass is 317 g/mol. The fourth-order valence-electron chi connectivity index (χ4n) is 3.91. The minimum Gasteiger partial charge on any atom is -0.483 e. The Labute approximate surface area is 138 Å². The molecule has 1 aliphatic carbocycles. The minimum absolute atomic E-state index is 0.0264. The quantitative estimate of drug-likeness (QED) is 0.932. The normalized spacial score (nSPS) is 27.4. The molecule has 1 aromatic rings. The lowest BCUT2D eigenvalue weighted by Gasteiger charge is -2.47. The number of nitrogens with zero attached hydrogens (tertiary/aromatic N) is 1. The highest BCUT2D eigenvalue weighted by molar-refractivity contribution is 5.78. The average Bonchev–Trinajstić information content (AvgIpc) is 2.55. The lowest BCUT2D eigenvalue weighted by Crippen LogP contribution is -2.55. The van der Waals surface area contributed by atoms with Gasteiger partial charge in [-0.25, -0.2) is 0 Å². The van der Waals surface area contributed by atoms with Gasteiger partial charge in [-0.1, -0.05) is 25.0 Å². The van der Waals surface area contributed by atoms with Gasteiger partial charge in [0.1, 0.15) is 5.75 Å². The Morgan fingerprint density at radius 2 is 2.17 bits per heavy atom. The Balaban J connectivity index is 1.58. The summed E-state index contributed by atoms with van der Waals surface area (Å²) in [5, 5.41) is 10.7. The number of carbonyl (C=O) groups is 1. The van der Waals surface area contributed by atoms with Gasteiger partial charge in [-0.2, -0.15) is 0 Å². The van der Waals surface area contributed by atoms with Crippen LogP contribution in [0.4, 0.5) is 0 Å². The van der Waals surface area contributed by atoms with E-state index in [1.165, 1.54) is 5.56 Å². The van der Waals surface area contributed by atoms with E-state index in [1.807, 2.05) is 36.9 Å². The minimum atomic E-state index is -0.539. The van der Waals surface area contributed by atoms with Gasteiger partial charge in [0.25, 0.3) is 5.91 Å². The molecule has 3 rings (SSSR count). The molecule has 0 unspecified atom stereocenters. The Morgan fingerprint density at radius 1 is 1.35 bits per heavy atom. The van der Waals surface area contributed by atoms with Gasteiger partial charge < -0.3 is 14.7 Å². The third-order valence-electron chi connectivity index (χ3n) is 5.69. The number of aliphatic hydroxyl groups is 1. The first-order valence-corrected chi connectivity index (χ1v) is 8.69. The molecule has 23 heavy (non-hydrogen) atoms. The van der Waals surface area contributed by atoms with Crippen LogP contribution in [0, 0.1) is 19.8 Å². The summed E-state index contributed by atoms with van der Waals surface area (Å²) in [5.41, 5.74) is 1.71. The summed E-state index contributed by atoms with van der Waals surface area (Å²) in [4.78, 5) is 14.3. The standard InChI is InChI=1S/C19H27NO3/c1-14-6-5-8-17(15(14)2)23-13-18(21)20-11-10-19(22)9-4-3-7-16(19)12-20/h5-6,8,16,22H,3-4,7,9-13H2,1-2H3/t16-,19-/m0/s1. The highest BCUT2D eigenvalue weighted by Crippen LogP contribution is 2.39. The van der Waals surface area contributed by atoms with Gasteiger partial charge >= 0.3 is 0 Å². The number of hydrogen-bond donors (Lipinski definition) is 1. The van der Waals surface area contributed by atoms with Crippen LogP contribution in [-0.2, 0) is 4.79 Å². The first kappa shape index (κ1) is 16.3. The zero-order valence-electron chi connectivity index (χ0n) is 14.2. The van der Waals surface area contributed by atoms with Crippen LogP contribution in [0.3, 0.4) is 0 Å². The van der Waals surface area contributed by atoms with Gasteiger partial charge in [-0.3, -0.25) is 4.79 Å². The van der Waals surface area contributed by atoms with E-state index >= 15 is 0 Å². The number of amides is 1. The molecule has 1 saturated carbocycles. The second-order valence-electron chi connectivity index (χ2n) is 7.12. The molecule has 1 N–H and O–H groups in total. The van der Waals surface area contributed by atoms with Crippen molar-refractivity contribution >= 4 is 5.91 Å². The molecular weight excluding hydrogens is 290 g/mol. The summed E-state index contributed by atoms with van der Waals surface area (Å²) in [7, 11) is 0. The second kappa shape index (κ2) is 6.52. The molecule has 4 heteroatoms. The molecule has 2 fully saturated rings. The zero-order chi connectivity index (χ0) is 16.4. The van der Waals surface area contributed by atoms with Gasteiger partial charge in [-0.15, -0.1) is 0 Å². The largest absolute Gasteiger partial charge is 0.483 e. The fraction of sp³-hybridized carbons (Fsp3) is 0.632. The molecule has 1 aliphatic heterocycles. The lowest BCUT2D eigenvalue weighted by molar-refractivity contribution is -0.145. The van der Waals surface area contributed by atoms with Crippen LogP contribution >= 0.6 is 0 Å². The highest BCUT2D eigenvalue weighted by atomic mass is 16.5. The zero-order valence-corrected chi connectivity index (χ0v) is 14.2. The molecule has 0 spiro atoms. The maximum Gasteiger partial charge on any atom is 0.260 e. The van der Waals surface area contributed by atoms with Crippen molar-refractivity contribution in [1.29, 1.82) is 0 Å². The number of hydrogen-bond acceptors (Lipinski definition) is 3. The van der Waals surface area contributed by atoms with Crippen molar-refractivity contribution in [1.82, 2.24) is 4.90 Å². The summed E-state index contributed by atoms with van der Waals surface area (Å²) in [6.07, 6.45) is 4.88. The first-order valence-electron chi connectivity index (χ1n) is 8.69. The number of rotatable bonds is 3. The fourth-order valence-corrected chi connectivity index (χ4v) is 3.91. The van der Waals surface area contributed by atoms with E-state index in [-0.39, 0.29) is 18.4 Å². The first-order chi connectivity index (χ1) is 11.0. The van der Waals surface area contributed by atoms with Crippen LogP contribution in [0.5, 0.6) is 5.75 Å². The summed E-state index contributed by atoms with van der Waals surface area (Å²) in [5.74, 6) is 1.04. The lowest BCUT2D eigenvalue weighted by atomic mass is 9.71. The van der Waals surface area contributed by atoms with Crippen LogP contribution in [-0.4, -0.2) is 41.2 Å². The van der Waals surface area contributed by atoms with Gasteiger partial charge in [0, 0.05) is 19.0 Å². The number of benzene rings is 1. The van der Waals surface area contributed by atoms with Crippen molar-refractivity contribution in [3.8, 4) is 5.75 Å². The van der Waals surface area contributed by atoms with Crippen LogP contribution in [0.1, 0.15) is 43.2 Å². The average molecular weight is 317 g/mol. The number of ether oxygens (including phenoxy) is 1. The van der Waals surface area contributed by atoms with Crippen LogP contribution in [0.25, 0.3) is 0 Å². The van der Waals surface area contributed by atoms with Crippen LogP contribution in [0.15, 0.2) is 18.2 Å². The van der Waals surface area contributed by atoms with Crippen molar-refractivity contribution in [3.63, 3.8) is 0 Å². The van der Waals surface area contributed by atoms with Crippen molar-refractivity contribution in [3.05, 3.63) is 29.3 Å². The summed E-state index contributed by atoms with van der Waals surface area (Å²) in [6, 6.07) is 5.90. The van der Waals surface area contributed by atoms with E-state index in [4.69, 9.17) is 4.74 Å². The predicted octanol–water partition coefficient (Wildman–Crippen LogP) is 2.84. The number of piperidine rings is 1. The van der Waals surface area contributed by atoms with E-state index < -0.39 is 5.60 Å². The third kappa shape index (κ3) is 3.37. The Kier molecular flexibility index (Phi) is 4.62. The second-order valence-corrected chi connectivity index (χ2v) is 7.12. The molecule has 0 aromatic heterocycles. The molecule has 0 radical (unpaired) electrons. The molecule has 126 valence electrons. The van der Waals surface area contributed by atoms with Crippen molar-refractivity contribution in [2.75, 3.05) is 19.7 Å². The summed E-state index contributed by atoms with van der Waals surface area (Å²) < 4.78 is 5.74. The van der Waals surface area contributed by atoms with Crippen LogP contribution < -0.4 is 4.74 Å². The van der Waals surface area contributed by atoms with Crippen molar-refractivity contribution < 1.29 is 14.6 Å². The van der Waals surface area contributed by atoms with E-state index in [1.54, 1.807) is 0 Å². The molecule has 2 aliphatic rings. The van der Waals surface area contributed by atoms with E-state index in [0.717, 1.165) is 37.0 Å². The van der Waals surface area contributed by atoms with Gasteiger partial charge in [0.15, 0.2) is 6.61 Å². The van der Waals surface area contributed by atoms with Crippen molar-refractivity contribution in [2.24, 2.45) is 5.92 Å². The third-order valence-corrected chi connectivity index (χ3v) is 5.69. The molecular formula is C19H27NO3. The smallest absolute Gasteiger partial charge is 0.260 e. The number of fused-ring (bicyclic) bond motifs is 1. The Bertz CT molecular complexity index is 586. The molecule has 1 amide bonds. The van der Waals surface area contributed by atoms with Crippen LogP contribution in [0.2, 0.25) is 0 Å². The van der Waals surface area contributed by atoms with Gasteiger partial charge in [-0.05, 0) is 50.3 Å². The molecule has 1 saturated heterocycles. The van der Waals surface area contributed by atoms with E-state index in [2.05, 4.69) is 0 Å². The Morgan fingerprint density at radius 3 is 3.00 bits per heavy atom. The molecule has 0 bridgehead atoms.